The quantitative estimate of drug-likeness (QED) is 0.680. The molecule has 1 fully saturated rings. The lowest BCUT2D eigenvalue weighted by molar-refractivity contribution is 0.129. The zero-order chi connectivity index (χ0) is 12.4. The monoisotopic (exact) mass is 260 g/mol. The van der Waals surface area contributed by atoms with Crippen LogP contribution < -0.4 is 5.73 Å². The van der Waals surface area contributed by atoms with Gasteiger partial charge in [-0.1, -0.05) is 6.07 Å². The SMILES string of the molecule is Nc1ccc(SCC2CCCO2)c2cccnc12. The Labute approximate surface area is 111 Å². The maximum atomic E-state index is 5.95. The number of anilines is 1. The molecule has 0 saturated carbocycles. The summed E-state index contributed by atoms with van der Waals surface area (Å²) in [6.07, 6.45) is 4.56. The van der Waals surface area contributed by atoms with Crippen molar-refractivity contribution in [2.45, 2.75) is 23.8 Å². The van der Waals surface area contributed by atoms with Crippen molar-refractivity contribution in [2.75, 3.05) is 18.1 Å². The van der Waals surface area contributed by atoms with Gasteiger partial charge in [0.1, 0.15) is 0 Å². The molecule has 1 atom stereocenters. The van der Waals surface area contributed by atoms with E-state index in [1.165, 1.54) is 17.7 Å². The number of nitrogen functional groups attached to an aromatic ring is 1. The summed E-state index contributed by atoms with van der Waals surface area (Å²) in [6, 6.07) is 8.06. The fourth-order valence-electron chi connectivity index (χ4n) is 2.25. The molecule has 0 aliphatic carbocycles. The highest BCUT2D eigenvalue weighted by Gasteiger charge is 2.16. The maximum absolute atomic E-state index is 5.95. The van der Waals surface area contributed by atoms with Crippen molar-refractivity contribution in [2.24, 2.45) is 0 Å². The van der Waals surface area contributed by atoms with E-state index in [4.69, 9.17) is 10.5 Å². The Bertz CT molecular complexity index is 552. The smallest absolute Gasteiger partial charge is 0.0942 e. The Morgan fingerprint density at radius 2 is 2.33 bits per heavy atom. The van der Waals surface area contributed by atoms with Crippen LogP contribution in [0.2, 0.25) is 0 Å². The summed E-state index contributed by atoms with van der Waals surface area (Å²) >= 11 is 1.84. The van der Waals surface area contributed by atoms with E-state index in [2.05, 4.69) is 17.1 Å². The Balaban J connectivity index is 1.85. The summed E-state index contributed by atoms with van der Waals surface area (Å²) in [6.45, 7) is 0.912. The molecule has 1 unspecified atom stereocenters. The average Bonchev–Trinajstić information content (AvgIpc) is 2.92. The lowest BCUT2D eigenvalue weighted by Crippen LogP contribution is -2.07. The number of ether oxygens (including phenoxy) is 1. The molecule has 4 heteroatoms. The minimum atomic E-state index is 0.402. The molecule has 2 heterocycles. The fourth-order valence-corrected chi connectivity index (χ4v) is 3.37. The first kappa shape index (κ1) is 11.8. The number of aromatic nitrogens is 1. The number of thioether (sulfide) groups is 1. The summed E-state index contributed by atoms with van der Waals surface area (Å²) in [4.78, 5) is 5.59. The van der Waals surface area contributed by atoms with Crippen molar-refractivity contribution < 1.29 is 4.74 Å². The number of hydrogen-bond acceptors (Lipinski definition) is 4. The standard InChI is InChI=1S/C14H16N2OS/c15-12-5-6-13(11-4-1-7-16-14(11)12)18-9-10-3-2-8-17-10/h1,4-7,10H,2-3,8-9,15H2. The molecule has 2 N–H and O–H groups in total. The van der Waals surface area contributed by atoms with Crippen molar-refractivity contribution >= 4 is 28.4 Å². The zero-order valence-electron chi connectivity index (χ0n) is 10.1. The topological polar surface area (TPSA) is 48.1 Å². The fraction of sp³-hybridized carbons (Fsp3) is 0.357. The summed E-state index contributed by atoms with van der Waals surface area (Å²) in [5.41, 5.74) is 7.59. The number of hydrogen-bond donors (Lipinski definition) is 1. The predicted molar refractivity (Wildman–Crippen MR) is 75.9 cm³/mol. The molecule has 2 aromatic rings. The van der Waals surface area contributed by atoms with Gasteiger partial charge in [-0.15, -0.1) is 11.8 Å². The highest BCUT2D eigenvalue weighted by atomic mass is 32.2. The third kappa shape index (κ3) is 2.31. The normalized spacial score (nSPS) is 19.4. The molecular formula is C14H16N2OS. The molecule has 0 spiro atoms. The molecule has 0 bridgehead atoms. The van der Waals surface area contributed by atoms with E-state index < -0.39 is 0 Å². The van der Waals surface area contributed by atoms with Crippen LogP contribution in [0.4, 0.5) is 5.69 Å². The average molecular weight is 260 g/mol. The van der Waals surface area contributed by atoms with Crippen molar-refractivity contribution in [1.82, 2.24) is 4.98 Å². The van der Waals surface area contributed by atoms with E-state index >= 15 is 0 Å². The van der Waals surface area contributed by atoms with Gasteiger partial charge in [0.05, 0.1) is 17.3 Å². The number of fused-ring (bicyclic) bond motifs is 1. The molecule has 18 heavy (non-hydrogen) atoms. The summed E-state index contributed by atoms with van der Waals surface area (Å²) in [7, 11) is 0. The maximum Gasteiger partial charge on any atom is 0.0942 e. The summed E-state index contributed by atoms with van der Waals surface area (Å²) in [5.74, 6) is 1.01. The van der Waals surface area contributed by atoms with Crippen molar-refractivity contribution in [3.63, 3.8) is 0 Å². The lowest BCUT2D eigenvalue weighted by Gasteiger charge is -2.11. The van der Waals surface area contributed by atoms with E-state index in [0.29, 0.717) is 6.10 Å². The first-order chi connectivity index (χ1) is 8.84. The van der Waals surface area contributed by atoms with Gasteiger partial charge in [0, 0.05) is 28.8 Å². The molecule has 3 rings (SSSR count). The summed E-state index contributed by atoms with van der Waals surface area (Å²) < 4.78 is 5.65. The third-order valence-electron chi connectivity index (χ3n) is 3.21. The molecule has 1 aromatic carbocycles. The van der Waals surface area contributed by atoms with Crippen molar-refractivity contribution in [3.8, 4) is 0 Å². The molecule has 1 aliphatic heterocycles. The van der Waals surface area contributed by atoms with Crippen LogP contribution in [0.15, 0.2) is 35.4 Å². The van der Waals surface area contributed by atoms with Crippen LogP contribution in [0.25, 0.3) is 10.9 Å². The van der Waals surface area contributed by atoms with E-state index in [9.17, 15) is 0 Å². The van der Waals surface area contributed by atoms with E-state index in [0.717, 1.165) is 29.0 Å². The van der Waals surface area contributed by atoms with Gasteiger partial charge in [-0.05, 0) is 31.0 Å². The van der Waals surface area contributed by atoms with Crippen molar-refractivity contribution in [1.29, 1.82) is 0 Å². The van der Waals surface area contributed by atoms with Gasteiger partial charge in [-0.3, -0.25) is 4.98 Å². The van der Waals surface area contributed by atoms with Crippen molar-refractivity contribution in [3.05, 3.63) is 30.5 Å². The Hall–Kier alpha value is -1.26. The second-order valence-electron chi connectivity index (χ2n) is 4.50. The number of nitrogens with zero attached hydrogens (tertiary/aromatic N) is 1. The first-order valence-corrected chi connectivity index (χ1v) is 7.21. The van der Waals surface area contributed by atoms with Crippen LogP contribution in [0.5, 0.6) is 0 Å². The number of benzene rings is 1. The second-order valence-corrected chi connectivity index (χ2v) is 5.56. The van der Waals surface area contributed by atoms with E-state index in [-0.39, 0.29) is 0 Å². The predicted octanol–water partition coefficient (Wildman–Crippen LogP) is 3.09. The van der Waals surface area contributed by atoms with Crippen LogP contribution in [0, 0.1) is 0 Å². The van der Waals surface area contributed by atoms with Gasteiger partial charge in [0.15, 0.2) is 0 Å². The highest BCUT2D eigenvalue weighted by molar-refractivity contribution is 7.99. The molecule has 3 nitrogen and oxygen atoms in total. The van der Waals surface area contributed by atoms with Gasteiger partial charge in [-0.25, -0.2) is 0 Å². The van der Waals surface area contributed by atoms with Gasteiger partial charge in [0.2, 0.25) is 0 Å². The third-order valence-corrected chi connectivity index (χ3v) is 4.42. The van der Waals surface area contributed by atoms with Crippen LogP contribution in [-0.4, -0.2) is 23.4 Å². The Morgan fingerprint density at radius 3 is 3.17 bits per heavy atom. The lowest BCUT2D eigenvalue weighted by atomic mass is 10.2. The van der Waals surface area contributed by atoms with E-state index in [1.54, 1.807) is 6.20 Å². The number of pyridine rings is 1. The Kier molecular flexibility index (Phi) is 3.39. The summed E-state index contributed by atoms with van der Waals surface area (Å²) in [5, 5.41) is 1.14. The molecule has 1 aliphatic rings. The zero-order valence-corrected chi connectivity index (χ0v) is 11.0. The van der Waals surface area contributed by atoms with Gasteiger partial charge in [0.25, 0.3) is 0 Å². The molecule has 1 aromatic heterocycles. The molecule has 1 saturated heterocycles. The van der Waals surface area contributed by atoms with Crippen LogP contribution in [0.1, 0.15) is 12.8 Å². The molecule has 0 amide bonds. The Morgan fingerprint density at radius 1 is 1.39 bits per heavy atom. The molecule has 0 radical (unpaired) electrons. The molecule has 94 valence electrons. The highest BCUT2D eigenvalue weighted by Crippen LogP contribution is 2.31. The minimum Gasteiger partial charge on any atom is -0.397 e. The van der Waals surface area contributed by atoms with Crippen LogP contribution in [0.3, 0.4) is 0 Å². The molecular weight excluding hydrogens is 244 g/mol. The largest absolute Gasteiger partial charge is 0.397 e. The number of rotatable bonds is 3. The number of nitrogens with two attached hydrogens (primary N) is 1. The van der Waals surface area contributed by atoms with Gasteiger partial charge >= 0.3 is 0 Å². The van der Waals surface area contributed by atoms with Crippen LogP contribution >= 0.6 is 11.8 Å². The second kappa shape index (κ2) is 5.16. The van der Waals surface area contributed by atoms with Gasteiger partial charge < -0.3 is 10.5 Å². The van der Waals surface area contributed by atoms with Crippen LogP contribution in [-0.2, 0) is 4.74 Å². The van der Waals surface area contributed by atoms with Gasteiger partial charge in [-0.2, -0.15) is 0 Å². The minimum absolute atomic E-state index is 0.402. The first-order valence-electron chi connectivity index (χ1n) is 6.22. The van der Waals surface area contributed by atoms with E-state index in [1.807, 2.05) is 23.9 Å².